The molecule has 0 atom stereocenters. The van der Waals surface area contributed by atoms with Crippen molar-refractivity contribution in [3.8, 4) is 11.5 Å². The summed E-state index contributed by atoms with van der Waals surface area (Å²) in [4.78, 5) is 12.4. The third-order valence-corrected chi connectivity index (χ3v) is 4.87. The van der Waals surface area contributed by atoms with Crippen LogP contribution < -0.4 is 9.47 Å². The van der Waals surface area contributed by atoms with Crippen molar-refractivity contribution in [2.45, 2.75) is 52.4 Å². The van der Waals surface area contributed by atoms with Crippen molar-refractivity contribution in [3.63, 3.8) is 0 Å². The van der Waals surface area contributed by atoms with Gasteiger partial charge in [-0.25, -0.2) is 4.79 Å². The summed E-state index contributed by atoms with van der Waals surface area (Å²) in [5.41, 5.74) is 1.51. The quantitative estimate of drug-likeness (QED) is 0.330. The number of carbonyl (C=O) groups excluding carboxylic acids is 1. The van der Waals surface area contributed by atoms with E-state index in [9.17, 15) is 4.79 Å². The lowest BCUT2D eigenvalue weighted by Gasteiger charge is -2.24. The van der Waals surface area contributed by atoms with E-state index >= 15 is 0 Å². The number of carbonyl (C=O) groups is 1. The molecule has 0 aromatic heterocycles. The van der Waals surface area contributed by atoms with Gasteiger partial charge in [0.1, 0.15) is 11.5 Å². The average Bonchev–Trinajstić information content (AvgIpc) is 2.49. The normalized spacial score (nSPS) is 12.0. The molecule has 0 radical (unpaired) electrons. The van der Waals surface area contributed by atoms with E-state index in [0.717, 1.165) is 20.1 Å². The van der Waals surface area contributed by atoms with Crippen molar-refractivity contribution in [1.29, 1.82) is 0 Å². The molecule has 26 heavy (non-hydrogen) atoms. The van der Waals surface area contributed by atoms with Gasteiger partial charge < -0.3 is 9.47 Å². The van der Waals surface area contributed by atoms with Crippen LogP contribution in [0.5, 0.6) is 11.5 Å². The largest absolute Gasteiger partial charge is 0.519 e. The molecule has 0 amide bonds. The standard InChI is InChI=1S/C21H24Br2O3/c1-20(2,3)15-11-13(22)7-9-17(15)25-19(24)26-18-10-8-14(23)12-16(18)21(4,5)6/h7-12H,1-6H3. The molecule has 0 aliphatic heterocycles. The van der Waals surface area contributed by atoms with E-state index in [1.807, 2.05) is 24.3 Å². The highest BCUT2D eigenvalue weighted by Gasteiger charge is 2.24. The smallest absolute Gasteiger partial charge is 0.394 e. The molecule has 2 aromatic carbocycles. The molecular weight excluding hydrogens is 460 g/mol. The lowest BCUT2D eigenvalue weighted by atomic mass is 9.86. The SMILES string of the molecule is CC(C)(C)c1cc(Br)ccc1OC(=O)Oc1ccc(Br)cc1C(C)(C)C. The number of hydrogen-bond donors (Lipinski definition) is 0. The third kappa shape index (κ3) is 5.34. The van der Waals surface area contributed by atoms with Crippen molar-refractivity contribution < 1.29 is 14.3 Å². The fraction of sp³-hybridized carbons (Fsp3) is 0.381. The predicted molar refractivity (Wildman–Crippen MR) is 112 cm³/mol. The molecule has 0 bridgehead atoms. The number of halogens is 2. The summed E-state index contributed by atoms with van der Waals surface area (Å²) in [6.45, 7) is 12.4. The van der Waals surface area contributed by atoms with Gasteiger partial charge in [-0.3, -0.25) is 0 Å². The zero-order valence-electron chi connectivity index (χ0n) is 15.9. The second kappa shape index (κ2) is 7.73. The van der Waals surface area contributed by atoms with E-state index in [1.165, 1.54) is 0 Å². The Morgan fingerprint density at radius 1 is 0.731 bits per heavy atom. The van der Waals surface area contributed by atoms with Gasteiger partial charge >= 0.3 is 6.16 Å². The summed E-state index contributed by atoms with van der Waals surface area (Å²) < 4.78 is 12.9. The highest BCUT2D eigenvalue weighted by atomic mass is 79.9. The van der Waals surface area contributed by atoms with Crippen LogP contribution in [0.15, 0.2) is 45.3 Å². The molecule has 0 heterocycles. The number of rotatable bonds is 2. The van der Waals surface area contributed by atoms with Gasteiger partial charge in [0.05, 0.1) is 0 Å². The van der Waals surface area contributed by atoms with Crippen molar-refractivity contribution in [2.24, 2.45) is 0 Å². The molecule has 5 heteroatoms. The number of benzene rings is 2. The average molecular weight is 484 g/mol. The first kappa shape index (κ1) is 21.0. The molecule has 0 saturated carbocycles. The van der Waals surface area contributed by atoms with E-state index in [0.29, 0.717) is 11.5 Å². The van der Waals surface area contributed by atoms with Gasteiger partial charge in [0.25, 0.3) is 0 Å². The van der Waals surface area contributed by atoms with Gasteiger partial charge in [0.2, 0.25) is 0 Å². The van der Waals surface area contributed by atoms with Crippen LogP contribution >= 0.6 is 31.9 Å². The highest BCUT2D eigenvalue weighted by Crippen LogP contribution is 2.36. The molecule has 2 aromatic rings. The first-order valence-electron chi connectivity index (χ1n) is 8.37. The molecular formula is C21H24Br2O3. The summed E-state index contributed by atoms with van der Waals surface area (Å²) in [6, 6.07) is 11.2. The minimum absolute atomic E-state index is 0.173. The first-order valence-corrected chi connectivity index (χ1v) is 9.96. The lowest BCUT2D eigenvalue weighted by molar-refractivity contribution is 0.150. The summed E-state index contributed by atoms with van der Waals surface area (Å²) in [6.07, 6.45) is -0.745. The molecule has 3 nitrogen and oxygen atoms in total. The van der Waals surface area contributed by atoms with Crippen LogP contribution in [0, 0.1) is 0 Å². The third-order valence-electron chi connectivity index (χ3n) is 3.89. The van der Waals surface area contributed by atoms with E-state index in [-0.39, 0.29) is 10.8 Å². The molecule has 2 rings (SSSR count). The van der Waals surface area contributed by atoms with Crippen LogP contribution in [0.4, 0.5) is 4.79 Å². The monoisotopic (exact) mass is 482 g/mol. The van der Waals surface area contributed by atoms with Crippen LogP contribution in [0.3, 0.4) is 0 Å². The molecule has 0 aliphatic rings. The van der Waals surface area contributed by atoms with E-state index in [1.54, 1.807) is 12.1 Å². The topological polar surface area (TPSA) is 35.5 Å². The molecule has 0 N–H and O–H groups in total. The summed E-state index contributed by atoms with van der Waals surface area (Å²) in [5, 5.41) is 0. The van der Waals surface area contributed by atoms with Crippen molar-refractivity contribution in [2.75, 3.05) is 0 Å². The Morgan fingerprint density at radius 2 is 1.08 bits per heavy atom. The summed E-state index contributed by atoms with van der Waals surface area (Å²) in [5.74, 6) is 1.00. The minimum Gasteiger partial charge on any atom is -0.394 e. The van der Waals surface area contributed by atoms with Gasteiger partial charge in [0.15, 0.2) is 0 Å². The fourth-order valence-corrected chi connectivity index (χ4v) is 3.28. The second-order valence-corrected chi connectivity index (χ2v) is 10.1. The Balaban J connectivity index is 2.29. The van der Waals surface area contributed by atoms with E-state index in [2.05, 4.69) is 73.4 Å². The van der Waals surface area contributed by atoms with E-state index < -0.39 is 6.16 Å². The van der Waals surface area contributed by atoms with Crippen molar-refractivity contribution in [3.05, 3.63) is 56.5 Å². The lowest BCUT2D eigenvalue weighted by Crippen LogP contribution is -2.21. The van der Waals surface area contributed by atoms with Gasteiger partial charge in [-0.05, 0) is 47.2 Å². The van der Waals surface area contributed by atoms with Crippen LogP contribution in [0.2, 0.25) is 0 Å². The van der Waals surface area contributed by atoms with Crippen LogP contribution in [0.1, 0.15) is 52.7 Å². The Morgan fingerprint density at radius 3 is 1.38 bits per heavy atom. The van der Waals surface area contributed by atoms with Crippen molar-refractivity contribution >= 4 is 38.0 Å². The second-order valence-electron chi connectivity index (χ2n) is 8.24. The van der Waals surface area contributed by atoms with Crippen LogP contribution in [0.25, 0.3) is 0 Å². The number of ether oxygens (including phenoxy) is 2. The molecule has 140 valence electrons. The van der Waals surface area contributed by atoms with Crippen LogP contribution in [-0.4, -0.2) is 6.16 Å². The van der Waals surface area contributed by atoms with Gasteiger partial charge in [0, 0.05) is 20.1 Å². The minimum atomic E-state index is -0.745. The Bertz CT molecular complexity index is 747. The molecule has 0 spiro atoms. The van der Waals surface area contributed by atoms with Gasteiger partial charge in [-0.2, -0.15) is 0 Å². The maximum Gasteiger partial charge on any atom is 0.519 e. The number of hydrogen-bond acceptors (Lipinski definition) is 3. The molecule has 0 fully saturated rings. The summed E-state index contributed by atoms with van der Waals surface area (Å²) in [7, 11) is 0. The first-order chi connectivity index (χ1) is 11.9. The molecule has 0 saturated heterocycles. The van der Waals surface area contributed by atoms with Crippen LogP contribution in [-0.2, 0) is 10.8 Å². The zero-order chi connectivity index (χ0) is 19.7. The summed E-state index contributed by atoms with van der Waals surface area (Å²) >= 11 is 6.94. The van der Waals surface area contributed by atoms with Gasteiger partial charge in [-0.15, -0.1) is 0 Å². The Hall–Kier alpha value is -1.33. The van der Waals surface area contributed by atoms with Crippen molar-refractivity contribution in [1.82, 2.24) is 0 Å². The Kier molecular flexibility index (Phi) is 6.24. The van der Waals surface area contributed by atoms with Gasteiger partial charge in [-0.1, -0.05) is 73.4 Å². The molecule has 0 unspecified atom stereocenters. The maximum atomic E-state index is 12.4. The Labute approximate surface area is 172 Å². The predicted octanol–water partition coefficient (Wildman–Crippen LogP) is 7.38. The fourth-order valence-electron chi connectivity index (χ4n) is 2.56. The maximum absolute atomic E-state index is 12.4. The van der Waals surface area contributed by atoms with E-state index in [4.69, 9.17) is 9.47 Å². The highest BCUT2D eigenvalue weighted by molar-refractivity contribution is 9.10. The molecule has 0 aliphatic carbocycles. The zero-order valence-corrected chi connectivity index (χ0v) is 19.1.